The second-order valence-corrected chi connectivity index (χ2v) is 3.60. The highest BCUT2D eigenvalue weighted by Gasteiger charge is 2.13. The number of nitrogens with one attached hydrogen (secondary N) is 1. The number of halogens is 2. The van der Waals surface area contributed by atoms with E-state index >= 15 is 0 Å². The molecule has 80 valence electrons. The predicted molar refractivity (Wildman–Crippen MR) is 55.6 cm³/mol. The summed E-state index contributed by atoms with van der Waals surface area (Å²) in [6, 6.07) is 4.31. The van der Waals surface area contributed by atoms with Crippen LogP contribution in [0, 0.1) is 5.82 Å². The third kappa shape index (κ3) is 3.02. The second-order valence-electron chi connectivity index (χ2n) is 2.75. The Morgan fingerprint density at radius 3 is 2.73 bits per heavy atom. The van der Waals surface area contributed by atoms with Crippen LogP contribution in [0.2, 0.25) is 0 Å². The van der Waals surface area contributed by atoms with Gasteiger partial charge in [-0.25, -0.2) is 4.39 Å². The van der Waals surface area contributed by atoms with Gasteiger partial charge in [0.25, 0.3) is 5.91 Å². The van der Waals surface area contributed by atoms with Gasteiger partial charge in [0, 0.05) is 0 Å². The van der Waals surface area contributed by atoms with Gasteiger partial charge in [-0.2, -0.15) is 0 Å². The van der Waals surface area contributed by atoms with Gasteiger partial charge >= 0.3 is 0 Å². The van der Waals surface area contributed by atoms with Gasteiger partial charge in [0.1, 0.15) is 5.82 Å². The number of rotatable bonds is 3. The first kappa shape index (κ1) is 11.6. The van der Waals surface area contributed by atoms with E-state index in [9.17, 15) is 14.0 Å². The molecule has 0 aliphatic heterocycles. The van der Waals surface area contributed by atoms with Gasteiger partial charge in [-0.1, -0.05) is 6.07 Å². The zero-order valence-corrected chi connectivity index (χ0v) is 9.17. The third-order valence-electron chi connectivity index (χ3n) is 1.62. The molecule has 1 aromatic carbocycles. The molecule has 0 spiro atoms. The highest BCUT2D eigenvalue weighted by atomic mass is 79.9. The molecule has 0 bridgehead atoms. The normalized spacial score (nSPS) is 9.73. The van der Waals surface area contributed by atoms with Crippen molar-refractivity contribution in [1.82, 2.24) is 5.32 Å². The molecule has 0 aromatic heterocycles. The molecule has 15 heavy (non-hydrogen) atoms. The van der Waals surface area contributed by atoms with Crippen LogP contribution in [-0.2, 0) is 4.79 Å². The van der Waals surface area contributed by atoms with Crippen molar-refractivity contribution in [2.75, 3.05) is 6.54 Å². The molecule has 0 heterocycles. The van der Waals surface area contributed by atoms with Gasteiger partial charge in [-0.15, -0.1) is 0 Å². The first-order chi connectivity index (χ1) is 7.02. The number of hydrogen-bond acceptors (Lipinski definition) is 2. The number of benzene rings is 1. The molecular weight excluding hydrogens is 267 g/mol. The van der Waals surface area contributed by atoms with Crippen LogP contribution in [0.3, 0.4) is 0 Å². The van der Waals surface area contributed by atoms with Crippen molar-refractivity contribution in [2.45, 2.75) is 0 Å². The van der Waals surface area contributed by atoms with Gasteiger partial charge in [0.2, 0.25) is 5.91 Å². The molecule has 0 saturated carbocycles. The summed E-state index contributed by atoms with van der Waals surface area (Å²) in [6.45, 7) is -0.315. The van der Waals surface area contributed by atoms with E-state index in [2.05, 4.69) is 21.2 Å². The van der Waals surface area contributed by atoms with Gasteiger partial charge in [-0.3, -0.25) is 9.59 Å². The van der Waals surface area contributed by atoms with Crippen molar-refractivity contribution < 1.29 is 14.0 Å². The van der Waals surface area contributed by atoms with Gasteiger partial charge in [0.05, 0.1) is 16.6 Å². The maximum atomic E-state index is 13.4. The topological polar surface area (TPSA) is 72.2 Å². The molecule has 2 amide bonds. The minimum absolute atomic E-state index is 0.134. The van der Waals surface area contributed by atoms with Crippen molar-refractivity contribution >= 4 is 27.7 Å². The van der Waals surface area contributed by atoms with Crippen molar-refractivity contribution in [3.8, 4) is 0 Å². The SMILES string of the molecule is NC(=O)CNC(=O)c1cccc(Br)c1F. The highest BCUT2D eigenvalue weighted by Crippen LogP contribution is 2.18. The summed E-state index contributed by atoms with van der Waals surface area (Å²) in [5, 5.41) is 2.19. The summed E-state index contributed by atoms with van der Waals surface area (Å²) in [4.78, 5) is 21.7. The predicted octanol–water partition coefficient (Wildman–Crippen LogP) is 0.803. The summed E-state index contributed by atoms with van der Waals surface area (Å²) in [7, 11) is 0. The largest absolute Gasteiger partial charge is 0.368 e. The Morgan fingerprint density at radius 1 is 1.47 bits per heavy atom. The Hall–Kier alpha value is -1.43. The number of amides is 2. The molecular formula is C9H8BrFN2O2. The molecule has 6 heteroatoms. The molecule has 0 saturated heterocycles. The molecule has 0 unspecified atom stereocenters. The van der Waals surface area contributed by atoms with Crippen LogP contribution in [0.5, 0.6) is 0 Å². The van der Waals surface area contributed by atoms with Crippen LogP contribution in [0.25, 0.3) is 0 Å². The fourth-order valence-electron chi connectivity index (χ4n) is 0.942. The minimum atomic E-state index is -0.682. The zero-order valence-electron chi connectivity index (χ0n) is 7.59. The van der Waals surface area contributed by atoms with Crippen LogP contribution in [0.15, 0.2) is 22.7 Å². The quantitative estimate of drug-likeness (QED) is 0.856. The van der Waals surface area contributed by atoms with E-state index < -0.39 is 17.6 Å². The second kappa shape index (κ2) is 4.88. The molecule has 0 fully saturated rings. The lowest BCUT2D eigenvalue weighted by Gasteiger charge is -2.04. The van der Waals surface area contributed by atoms with E-state index in [1.165, 1.54) is 18.2 Å². The Balaban J connectivity index is 2.82. The van der Waals surface area contributed by atoms with E-state index in [-0.39, 0.29) is 16.6 Å². The summed E-state index contributed by atoms with van der Waals surface area (Å²) >= 11 is 2.95. The number of carbonyl (C=O) groups excluding carboxylic acids is 2. The highest BCUT2D eigenvalue weighted by molar-refractivity contribution is 9.10. The van der Waals surface area contributed by atoms with Gasteiger partial charge in [0.15, 0.2) is 0 Å². The van der Waals surface area contributed by atoms with Crippen LogP contribution in [-0.4, -0.2) is 18.4 Å². The van der Waals surface area contributed by atoms with E-state index in [0.717, 1.165) is 0 Å². The average molecular weight is 275 g/mol. The van der Waals surface area contributed by atoms with E-state index in [1.807, 2.05) is 0 Å². The molecule has 0 atom stereocenters. The van der Waals surface area contributed by atoms with Crippen molar-refractivity contribution in [1.29, 1.82) is 0 Å². The number of hydrogen-bond donors (Lipinski definition) is 2. The van der Waals surface area contributed by atoms with Gasteiger partial charge in [-0.05, 0) is 28.1 Å². The van der Waals surface area contributed by atoms with Crippen LogP contribution in [0.1, 0.15) is 10.4 Å². The smallest absolute Gasteiger partial charge is 0.254 e. The van der Waals surface area contributed by atoms with Crippen LogP contribution >= 0.6 is 15.9 Å². The summed E-state index contributed by atoms with van der Waals surface area (Å²) < 4.78 is 13.5. The monoisotopic (exact) mass is 274 g/mol. The number of primary amides is 1. The number of carbonyl (C=O) groups is 2. The summed E-state index contributed by atoms with van der Waals surface area (Å²) in [6.07, 6.45) is 0. The molecule has 0 aliphatic carbocycles. The standard InChI is InChI=1S/C9H8BrFN2O2/c10-6-3-1-2-5(8(6)11)9(15)13-4-7(12)14/h1-3H,4H2,(H2,12,14)(H,13,15). The zero-order chi connectivity index (χ0) is 11.4. The van der Waals surface area contributed by atoms with E-state index in [0.29, 0.717) is 0 Å². The lowest BCUT2D eigenvalue weighted by Crippen LogP contribution is -2.33. The van der Waals surface area contributed by atoms with Gasteiger partial charge < -0.3 is 11.1 Å². The first-order valence-corrected chi connectivity index (χ1v) is 4.82. The summed E-state index contributed by atoms with van der Waals surface area (Å²) in [5.41, 5.74) is 4.70. The minimum Gasteiger partial charge on any atom is -0.368 e. The van der Waals surface area contributed by atoms with E-state index in [4.69, 9.17) is 5.73 Å². The number of nitrogens with two attached hydrogens (primary N) is 1. The lowest BCUT2D eigenvalue weighted by atomic mass is 10.2. The fraction of sp³-hybridized carbons (Fsp3) is 0.111. The Bertz CT molecular complexity index is 409. The molecule has 1 aromatic rings. The third-order valence-corrected chi connectivity index (χ3v) is 2.23. The van der Waals surface area contributed by atoms with Crippen LogP contribution in [0.4, 0.5) is 4.39 Å². The summed E-state index contributed by atoms with van der Waals surface area (Å²) in [5.74, 6) is -2.02. The fourth-order valence-corrected chi connectivity index (χ4v) is 1.31. The van der Waals surface area contributed by atoms with Crippen molar-refractivity contribution in [3.05, 3.63) is 34.1 Å². The maximum Gasteiger partial charge on any atom is 0.254 e. The van der Waals surface area contributed by atoms with E-state index in [1.54, 1.807) is 0 Å². The Morgan fingerprint density at radius 2 is 2.13 bits per heavy atom. The average Bonchev–Trinajstić information content (AvgIpc) is 2.18. The van der Waals surface area contributed by atoms with Crippen molar-refractivity contribution in [3.63, 3.8) is 0 Å². The molecule has 4 nitrogen and oxygen atoms in total. The van der Waals surface area contributed by atoms with Crippen LogP contribution < -0.4 is 11.1 Å². The maximum absolute atomic E-state index is 13.4. The first-order valence-electron chi connectivity index (χ1n) is 4.03. The molecule has 1 rings (SSSR count). The Labute approximate surface area is 93.8 Å². The lowest BCUT2D eigenvalue weighted by molar-refractivity contribution is -0.117. The molecule has 3 N–H and O–H groups in total. The van der Waals surface area contributed by atoms with Crippen molar-refractivity contribution in [2.24, 2.45) is 5.73 Å². The Kier molecular flexibility index (Phi) is 3.79. The molecule has 0 aliphatic rings. The molecule has 0 radical (unpaired) electrons.